The number of carboxylic acids is 1. The molecule has 1 aliphatic rings. The summed E-state index contributed by atoms with van der Waals surface area (Å²) in [5.74, 6) is -1.10. The van der Waals surface area contributed by atoms with Gasteiger partial charge in [0.05, 0.1) is 23.7 Å². The Kier molecular flexibility index (Phi) is 4.13. The molecule has 2 rings (SSSR count). The summed E-state index contributed by atoms with van der Waals surface area (Å²) >= 11 is 0. The van der Waals surface area contributed by atoms with Gasteiger partial charge in [-0.2, -0.15) is 0 Å². The Morgan fingerprint density at radius 2 is 2.19 bits per heavy atom. The summed E-state index contributed by atoms with van der Waals surface area (Å²) in [7, 11) is 0. The zero-order valence-corrected chi connectivity index (χ0v) is 12.1. The van der Waals surface area contributed by atoms with Gasteiger partial charge in [-0.05, 0) is 38.3 Å². The van der Waals surface area contributed by atoms with Crippen LogP contribution in [0.5, 0.6) is 0 Å². The van der Waals surface area contributed by atoms with E-state index in [0.717, 1.165) is 0 Å². The fraction of sp³-hybridized carbons (Fsp3) is 0.500. The van der Waals surface area contributed by atoms with Crippen LogP contribution in [0.15, 0.2) is 12.1 Å². The molecule has 0 aromatic carbocycles. The van der Waals surface area contributed by atoms with Gasteiger partial charge in [0.15, 0.2) is 0 Å². The number of ether oxygens (including phenoxy) is 1. The Morgan fingerprint density at radius 1 is 1.48 bits per heavy atom. The monoisotopic (exact) mass is 293 g/mol. The maximum atomic E-state index is 12.2. The molecule has 7 nitrogen and oxygen atoms in total. The second-order valence-electron chi connectivity index (χ2n) is 4.96. The molecule has 0 fully saturated rings. The van der Waals surface area contributed by atoms with Crippen LogP contribution in [0.2, 0.25) is 0 Å². The molecule has 1 atom stereocenters. The minimum absolute atomic E-state index is 0.0430. The molecule has 114 valence electrons. The summed E-state index contributed by atoms with van der Waals surface area (Å²) in [5.41, 5.74) is 6.52. The van der Waals surface area contributed by atoms with Gasteiger partial charge in [0.2, 0.25) is 0 Å². The highest BCUT2D eigenvalue weighted by Gasteiger charge is 2.41. The molecule has 0 radical (unpaired) electrons. The summed E-state index contributed by atoms with van der Waals surface area (Å²) in [4.78, 5) is 28.7. The van der Waals surface area contributed by atoms with Gasteiger partial charge in [-0.1, -0.05) is 6.92 Å². The maximum absolute atomic E-state index is 12.2. The van der Waals surface area contributed by atoms with E-state index in [9.17, 15) is 9.59 Å². The molecule has 7 heteroatoms. The highest BCUT2D eigenvalue weighted by atomic mass is 16.6. The van der Waals surface area contributed by atoms with Crippen molar-refractivity contribution in [3.8, 4) is 0 Å². The van der Waals surface area contributed by atoms with Crippen molar-refractivity contribution in [3.63, 3.8) is 0 Å². The molecule has 0 spiro atoms. The number of amides is 1. The van der Waals surface area contributed by atoms with Gasteiger partial charge in [-0.3, -0.25) is 4.90 Å². The first-order valence-electron chi connectivity index (χ1n) is 6.92. The standard InChI is InChI=1S/C14H19N3O4/c1-3-14(15)8-7-9-11(17(14)13(20)21-4-2)6-5-10(16-9)12(18)19/h5-6H,3-4,7-8,15H2,1-2H3,(H,18,19). The third-order valence-electron chi connectivity index (χ3n) is 3.71. The summed E-state index contributed by atoms with van der Waals surface area (Å²) in [6, 6.07) is 2.94. The van der Waals surface area contributed by atoms with Crippen molar-refractivity contribution < 1.29 is 19.4 Å². The molecule has 3 N–H and O–H groups in total. The van der Waals surface area contributed by atoms with E-state index < -0.39 is 17.7 Å². The molecular formula is C14H19N3O4. The average Bonchev–Trinajstić information content (AvgIpc) is 2.46. The number of nitrogens with two attached hydrogens (primary N) is 1. The van der Waals surface area contributed by atoms with Crippen molar-refractivity contribution in [2.45, 2.75) is 38.8 Å². The highest BCUT2D eigenvalue weighted by molar-refractivity contribution is 5.92. The molecule has 1 aromatic heterocycles. The Bertz CT molecular complexity index is 575. The van der Waals surface area contributed by atoms with E-state index in [-0.39, 0.29) is 12.3 Å². The Morgan fingerprint density at radius 3 is 2.76 bits per heavy atom. The van der Waals surface area contributed by atoms with Crippen LogP contribution < -0.4 is 10.6 Å². The van der Waals surface area contributed by atoms with E-state index in [4.69, 9.17) is 15.6 Å². The Hall–Kier alpha value is -2.15. The van der Waals surface area contributed by atoms with Gasteiger partial charge in [-0.15, -0.1) is 0 Å². The number of hydrogen-bond donors (Lipinski definition) is 2. The molecule has 0 bridgehead atoms. The third kappa shape index (κ3) is 2.69. The van der Waals surface area contributed by atoms with Crippen molar-refractivity contribution in [1.29, 1.82) is 0 Å². The van der Waals surface area contributed by atoms with Gasteiger partial charge >= 0.3 is 12.1 Å². The zero-order valence-electron chi connectivity index (χ0n) is 12.1. The number of anilines is 1. The molecule has 0 saturated heterocycles. The number of rotatable bonds is 3. The molecule has 0 aliphatic carbocycles. The second kappa shape index (κ2) is 5.69. The van der Waals surface area contributed by atoms with Crippen LogP contribution in [0.3, 0.4) is 0 Å². The van der Waals surface area contributed by atoms with Gasteiger partial charge in [0.25, 0.3) is 0 Å². The lowest BCUT2D eigenvalue weighted by atomic mass is 9.92. The van der Waals surface area contributed by atoms with Crippen LogP contribution in [0.4, 0.5) is 10.5 Å². The van der Waals surface area contributed by atoms with Crippen LogP contribution in [0, 0.1) is 0 Å². The minimum Gasteiger partial charge on any atom is -0.477 e. The number of nitrogens with zero attached hydrogens (tertiary/aromatic N) is 2. The number of carbonyl (C=O) groups excluding carboxylic acids is 1. The number of pyridine rings is 1. The second-order valence-corrected chi connectivity index (χ2v) is 4.96. The minimum atomic E-state index is -1.10. The molecule has 1 amide bonds. The van der Waals surface area contributed by atoms with E-state index >= 15 is 0 Å². The van der Waals surface area contributed by atoms with Crippen LogP contribution >= 0.6 is 0 Å². The first-order valence-corrected chi connectivity index (χ1v) is 6.92. The van der Waals surface area contributed by atoms with E-state index in [1.54, 1.807) is 13.0 Å². The van der Waals surface area contributed by atoms with E-state index in [1.807, 2.05) is 6.92 Å². The quantitative estimate of drug-likeness (QED) is 0.879. The zero-order chi connectivity index (χ0) is 15.6. The molecule has 0 saturated carbocycles. The van der Waals surface area contributed by atoms with Crippen molar-refractivity contribution in [2.24, 2.45) is 5.73 Å². The van der Waals surface area contributed by atoms with Crippen LogP contribution in [0.25, 0.3) is 0 Å². The molecule has 2 heterocycles. The summed E-state index contributed by atoms with van der Waals surface area (Å²) < 4.78 is 5.08. The first kappa shape index (κ1) is 15.2. The number of carbonyl (C=O) groups is 2. The fourth-order valence-corrected chi connectivity index (χ4v) is 2.49. The number of aromatic nitrogens is 1. The molecular weight excluding hydrogens is 274 g/mol. The van der Waals surface area contributed by atoms with Crippen molar-refractivity contribution in [2.75, 3.05) is 11.5 Å². The van der Waals surface area contributed by atoms with Crippen LogP contribution in [-0.4, -0.2) is 34.4 Å². The van der Waals surface area contributed by atoms with E-state index in [1.165, 1.54) is 11.0 Å². The average molecular weight is 293 g/mol. The van der Waals surface area contributed by atoms with Crippen molar-refractivity contribution in [3.05, 3.63) is 23.5 Å². The lowest BCUT2D eigenvalue weighted by Gasteiger charge is -2.43. The van der Waals surface area contributed by atoms with Crippen LogP contribution in [0.1, 0.15) is 42.9 Å². The number of carboxylic acid groups (broad SMARTS) is 1. The number of fused-ring (bicyclic) bond motifs is 1. The SMILES string of the molecule is CCOC(=O)N1c2ccc(C(=O)O)nc2CCC1(N)CC. The van der Waals surface area contributed by atoms with Crippen molar-refractivity contribution >= 4 is 17.7 Å². The molecule has 21 heavy (non-hydrogen) atoms. The Balaban J connectivity index is 2.49. The Labute approximate surface area is 122 Å². The van der Waals surface area contributed by atoms with Gasteiger partial charge in [0, 0.05) is 0 Å². The van der Waals surface area contributed by atoms with Gasteiger partial charge in [-0.25, -0.2) is 14.6 Å². The summed E-state index contributed by atoms with van der Waals surface area (Å²) in [5, 5.41) is 9.00. The lowest BCUT2D eigenvalue weighted by Crippen LogP contribution is -2.61. The van der Waals surface area contributed by atoms with E-state index in [0.29, 0.717) is 30.6 Å². The first-order chi connectivity index (χ1) is 9.92. The fourth-order valence-electron chi connectivity index (χ4n) is 2.49. The highest BCUT2D eigenvalue weighted by Crippen LogP contribution is 2.35. The molecule has 1 unspecified atom stereocenters. The van der Waals surface area contributed by atoms with Gasteiger partial charge < -0.3 is 15.6 Å². The number of aryl methyl sites for hydroxylation is 1. The topological polar surface area (TPSA) is 106 Å². The number of aromatic carboxylic acids is 1. The smallest absolute Gasteiger partial charge is 0.415 e. The van der Waals surface area contributed by atoms with Gasteiger partial charge in [0.1, 0.15) is 5.69 Å². The van der Waals surface area contributed by atoms with E-state index in [2.05, 4.69) is 4.98 Å². The predicted molar refractivity (Wildman–Crippen MR) is 76.2 cm³/mol. The molecule has 1 aliphatic heterocycles. The number of hydrogen-bond acceptors (Lipinski definition) is 5. The van der Waals surface area contributed by atoms with Crippen molar-refractivity contribution in [1.82, 2.24) is 4.98 Å². The largest absolute Gasteiger partial charge is 0.477 e. The maximum Gasteiger partial charge on any atom is 0.415 e. The predicted octanol–water partition coefficient (Wildman–Crippen LogP) is 1.75. The lowest BCUT2D eigenvalue weighted by molar-refractivity contribution is 0.0690. The third-order valence-corrected chi connectivity index (χ3v) is 3.71. The van der Waals surface area contributed by atoms with Crippen LogP contribution in [-0.2, 0) is 11.2 Å². The normalized spacial score (nSPS) is 20.8. The summed E-state index contributed by atoms with van der Waals surface area (Å²) in [6.07, 6.45) is 1.06. The summed E-state index contributed by atoms with van der Waals surface area (Å²) in [6.45, 7) is 3.86. The molecule has 1 aromatic rings.